The summed E-state index contributed by atoms with van der Waals surface area (Å²) in [5.41, 5.74) is 2.83. The van der Waals surface area contributed by atoms with E-state index in [9.17, 15) is 9.59 Å². The number of carboxylic acids is 1. The van der Waals surface area contributed by atoms with Crippen LogP contribution in [0.3, 0.4) is 0 Å². The van der Waals surface area contributed by atoms with Crippen molar-refractivity contribution >= 4 is 35.1 Å². The minimum Gasteiger partial charge on any atom is -0.494 e. The van der Waals surface area contributed by atoms with E-state index in [1.54, 1.807) is 6.07 Å². The van der Waals surface area contributed by atoms with E-state index in [4.69, 9.17) is 38.0 Å². The molecule has 1 amide bonds. The summed E-state index contributed by atoms with van der Waals surface area (Å²) in [6, 6.07) is 12.9. The number of hydrogen-bond acceptors (Lipinski definition) is 4. The molecule has 0 radical (unpaired) electrons. The SMILES string of the molecule is CCCCn1cc(-c2ccc(Cl)cc2Cl)nc1[C@H](Cc1ccc(OCCCC(=O)O)cc1)NC(=O)C1CCC(C(C)(C)C)CC1. The van der Waals surface area contributed by atoms with E-state index in [0.29, 0.717) is 41.2 Å². The molecule has 1 atom stereocenters. The number of aromatic nitrogens is 2. The van der Waals surface area contributed by atoms with Gasteiger partial charge in [-0.15, -0.1) is 0 Å². The average Bonchev–Trinajstić information content (AvgIpc) is 3.42. The summed E-state index contributed by atoms with van der Waals surface area (Å²) in [7, 11) is 0. The summed E-state index contributed by atoms with van der Waals surface area (Å²) in [6.07, 6.45) is 9.01. The Kier molecular flexibility index (Phi) is 12.4. The maximum absolute atomic E-state index is 13.8. The molecule has 2 N–H and O–H groups in total. The van der Waals surface area contributed by atoms with Crippen molar-refractivity contribution in [2.24, 2.45) is 17.3 Å². The second kappa shape index (κ2) is 16.0. The van der Waals surface area contributed by atoms with Gasteiger partial charge in [-0.05, 0) is 92.2 Å². The highest BCUT2D eigenvalue weighted by atomic mass is 35.5. The number of carboxylic acid groups (broad SMARTS) is 1. The molecular weight excluding hydrogens is 609 g/mol. The number of rotatable bonds is 14. The smallest absolute Gasteiger partial charge is 0.303 e. The second-order valence-corrected chi connectivity index (χ2v) is 14.2. The fourth-order valence-corrected chi connectivity index (χ4v) is 6.64. The quantitative estimate of drug-likeness (QED) is 0.169. The van der Waals surface area contributed by atoms with Crippen molar-refractivity contribution in [3.63, 3.8) is 0 Å². The maximum Gasteiger partial charge on any atom is 0.303 e. The number of nitrogens with one attached hydrogen (secondary N) is 1. The molecule has 4 rings (SSSR count). The lowest BCUT2D eigenvalue weighted by Gasteiger charge is -2.36. The van der Waals surface area contributed by atoms with Crippen LogP contribution in [-0.2, 0) is 22.6 Å². The molecule has 2 aromatic carbocycles. The fraction of sp³-hybridized carbons (Fsp3) is 0.528. The summed E-state index contributed by atoms with van der Waals surface area (Å²) in [4.78, 5) is 29.7. The number of halogens is 2. The van der Waals surface area contributed by atoms with Gasteiger partial charge in [0.1, 0.15) is 11.6 Å². The number of ether oxygens (including phenoxy) is 1. The van der Waals surface area contributed by atoms with Crippen molar-refractivity contribution < 1.29 is 19.4 Å². The van der Waals surface area contributed by atoms with E-state index in [0.717, 1.165) is 67.7 Å². The molecule has 1 heterocycles. The second-order valence-electron chi connectivity index (χ2n) is 13.3. The lowest BCUT2D eigenvalue weighted by Crippen LogP contribution is -2.38. The Morgan fingerprint density at radius 3 is 2.40 bits per heavy atom. The zero-order chi connectivity index (χ0) is 32.6. The largest absolute Gasteiger partial charge is 0.494 e. The zero-order valence-electron chi connectivity index (χ0n) is 27.0. The van der Waals surface area contributed by atoms with Crippen LogP contribution in [0.1, 0.15) is 96.5 Å². The van der Waals surface area contributed by atoms with E-state index >= 15 is 0 Å². The maximum atomic E-state index is 13.8. The van der Waals surface area contributed by atoms with Crippen molar-refractivity contribution in [3.05, 3.63) is 70.1 Å². The number of benzene rings is 2. The highest BCUT2D eigenvalue weighted by Gasteiger charge is 2.34. The first-order valence-corrected chi connectivity index (χ1v) is 17.0. The van der Waals surface area contributed by atoms with E-state index in [-0.39, 0.29) is 29.7 Å². The van der Waals surface area contributed by atoms with Crippen LogP contribution in [0.5, 0.6) is 5.75 Å². The molecule has 0 saturated heterocycles. The Balaban J connectivity index is 1.60. The molecule has 0 unspecified atom stereocenters. The van der Waals surface area contributed by atoms with Gasteiger partial charge in [0.2, 0.25) is 5.91 Å². The number of nitrogens with zero attached hydrogens (tertiary/aromatic N) is 2. The summed E-state index contributed by atoms with van der Waals surface area (Å²) < 4.78 is 7.90. The van der Waals surface area contributed by atoms with E-state index < -0.39 is 5.97 Å². The number of aliphatic carboxylic acids is 1. The number of carbonyl (C=O) groups is 2. The van der Waals surface area contributed by atoms with Crippen LogP contribution < -0.4 is 10.1 Å². The molecule has 1 aliphatic rings. The van der Waals surface area contributed by atoms with Gasteiger partial charge in [-0.1, -0.05) is 69.5 Å². The number of carbonyl (C=O) groups excluding carboxylic acids is 1. The van der Waals surface area contributed by atoms with Gasteiger partial charge in [0.15, 0.2) is 0 Å². The fourth-order valence-electron chi connectivity index (χ4n) is 6.13. The first-order valence-electron chi connectivity index (χ1n) is 16.2. The van der Waals surface area contributed by atoms with Crippen LogP contribution in [0.4, 0.5) is 0 Å². The van der Waals surface area contributed by atoms with Crippen LogP contribution in [0.25, 0.3) is 11.3 Å². The number of amides is 1. The minimum atomic E-state index is -0.830. The molecule has 45 heavy (non-hydrogen) atoms. The number of hydrogen-bond donors (Lipinski definition) is 2. The Hall–Kier alpha value is -3.03. The van der Waals surface area contributed by atoms with Crippen LogP contribution in [-0.4, -0.2) is 33.1 Å². The number of aryl methyl sites for hydroxylation is 1. The third kappa shape index (κ3) is 9.98. The molecule has 7 nitrogen and oxygen atoms in total. The molecule has 244 valence electrons. The van der Waals surface area contributed by atoms with E-state index in [1.165, 1.54) is 0 Å². The minimum absolute atomic E-state index is 0.0167. The van der Waals surface area contributed by atoms with Crippen LogP contribution in [0.15, 0.2) is 48.7 Å². The summed E-state index contributed by atoms with van der Waals surface area (Å²) in [5, 5.41) is 13.4. The third-order valence-electron chi connectivity index (χ3n) is 8.88. The molecule has 9 heteroatoms. The van der Waals surface area contributed by atoms with Crippen LogP contribution in [0.2, 0.25) is 10.0 Å². The van der Waals surface area contributed by atoms with Gasteiger partial charge in [-0.2, -0.15) is 0 Å². The molecule has 3 aromatic rings. The van der Waals surface area contributed by atoms with Gasteiger partial charge in [0.05, 0.1) is 23.4 Å². The molecule has 1 saturated carbocycles. The van der Waals surface area contributed by atoms with E-state index in [2.05, 4.69) is 37.6 Å². The molecule has 0 spiro atoms. The lowest BCUT2D eigenvalue weighted by molar-refractivity contribution is -0.137. The monoisotopic (exact) mass is 655 g/mol. The van der Waals surface area contributed by atoms with Crippen molar-refractivity contribution in [3.8, 4) is 17.0 Å². The van der Waals surface area contributed by atoms with Crippen molar-refractivity contribution in [2.45, 2.75) is 98.1 Å². The van der Waals surface area contributed by atoms with Crippen molar-refractivity contribution in [1.82, 2.24) is 14.9 Å². The van der Waals surface area contributed by atoms with Gasteiger partial charge < -0.3 is 19.7 Å². The van der Waals surface area contributed by atoms with E-state index in [1.807, 2.05) is 42.6 Å². The highest BCUT2D eigenvalue weighted by molar-refractivity contribution is 6.36. The summed E-state index contributed by atoms with van der Waals surface area (Å²) >= 11 is 12.8. The average molecular weight is 657 g/mol. The van der Waals surface area contributed by atoms with Gasteiger partial charge in [-0.25, -0.2) is 4.98 Å². The van der Waals surface area contributed by atoms with Gasteiger partial charge >= 0.3 is 5.97 Å². The molecule has 1 aliphatic carbocycles. The third-order valence-corrected chi connectivity index (χ3v) is 9.43. The Morgan fingerprint density at radius 1 is 1.07 bits per heavy atom. The normalized spacial score (nSPS) is 17.6. The highest BCUT2D eigenvalue weighted by Crippen LogP contribution is 2.40. The summed E-state index contributed by atoms with van der Waals surface area (Å²) in [6.45, 7) is 10.2. The first-order chi connectivity index (χ1) is 21.4. The van der Waals surface area contributed by atoms with Crippen LogP contribution >= 0.6 is 23.2 Å². The molecular formula is C36H47Cl2N3O4. The van der Waals surface area contributed by atoms with Crippen molar-refractivity contribution in [1.29, 1.82) is 0 Å². The lowest BCUT2D eigenvalue weighted by atomic mass is 9.69. The Bertz CT molecular complexity index is 1420. The molecule has 1 aromatic heterocycles. The van der Waals surface area contributed by atoms with Gasteiger partial charge in [-0.3, -0.25) is 9.59 Å². The van der Waals surface area contributed by atoms with Crippen molar-refractivity contribution in [2.75, 3.05) is 6.61 Å². The standard InChI is InChI=1S/C36H47Cl2N3O4/c1-5-6-19-41-23-32(29-18-15-27(37)22-30(29)38)39-34(41)31(40-35(44)25-11-13-26(14-12-25)36(2,3)4)21-24-9-16-28(17-10-24)45-20-7-8-33(42)43/h9-10,15-18,22-23,25-26,31H,5-8,11-14,19-21H2,1-4H3,(H,40,44)(H,42,43)/t25?,26?,31-/m0/s1. The van der Waals surface area contributed by atoms with Crippen LogP contribution in [0, 0.1) is 17.3 Å². The molecule has 1 fully saturated rings. The van der Waals surface area contributed by atoms with Gasteiger partial charge in [0, 0.05) is 35.7 Å². The summed E-state index contributed by atoms with van der Waals surface area (Å²) in [5.74, 6) is 1.35. The Labute approximate surface area is 277 Å². The van der Waals surface area contributed by atoms with Gasteiger partial charge in [0.25, 0.3) is 0 Å². The number of unbranched alkanes of at least 4 members (excludes halogenated alkanes) is 1. The zero-order valence-corrected chi connectivity index (χ0v) is 28.5. The number of imidazole rings is 1. The first kappa shape index (κ1) is 34.8. The molecule has 0 bridgehead atoms. The Morgan fingerprint density at radius 2 is 1.78 bits per heavy atom. The molecule has 0 aliphatic heterocycles. The predicted octanol–water partition coefficient (Wildman–Crippen LogP) is 9.15. The topological polar surface area (TPSA) is 93.5 Å². The predicted molar refractivity (Wildman–Crippen MR) is 181 cm³/mol.